The number of carbonyl (C=O) groups is 1. The van der Waals surface area contributed by atoms with Crippen LogP contribution in [0, 0.1) is 5.82 Å². The number of alkyl halides is 3. The van der Waals surface area contributed by atoms with Crippen LogP contribution >= 0.6 is 23.1 Å². The Morgan fingerprint density at radius 2 is 1.94 bits per heavy atom. The fourth-order valence-electron chi connectivity index (χ4n) is 2.38. The van der Waals surface area contributed by atoms with Gasteiger partial charge in [0, 0.05) is 18.1 Å². The summed E-state index contributed by atoms with van der Waals surface area (Å²) in [6, 6.07) is 6.07. The van der Waals surface area contributed by atoms with Crippen LogP contribution in [0.1, 0.15) is 15.9 Å². The van der Waals surface area contributed by atoms with Crippen LogP contribution in [0.25, 0.3) is 0 Å². The third-order valence-electron chi connectivity index (χ3n) is 3.75. The van der Waals surface area contributed by atoms with Crippen molar-refractivity contribution in [2.45, 2.75) is 17.8 Å². The molecule has 0 aliphatic rings. The van der Waals surface area contributed by atoms with E-state index in [2.05, 4.69) is 24.1 Å². The molecule has 0 radical (unpaired) electrons. The molecule has 8 nitrogen and oxygen atoms in total. The normalized spacial score (nSPS) is 11.8. The van der Waals surface area contributed by atoms with Gasteiger partial charge in [-0.25, -0.2) is 17.8 Å². The molecule has 1 aromatic heterocycles. The van der Waals surface area contributed by atoms with Gasteiger partial charge in [-0.15, -0.1) is 13.2 Å². The summed E-state index contributed by atoms with van der Waals surface area (Å²) in [4.78, 5) is 15.8. The molecule has 2 N–H and O–H groups in total. The summed E-state index contributed by atoms with van der Waals surface area (Å²) in [6.45, 7) is -0.239. The average molecular weight is 511 g/mol. The molecule has 0 saturated carbocycles. The summed E-state index contributed by atoms with van der Waals surface area (Å²) in [5.74, 6) is -2.98. The smallest absolute Gasteiger partial charge is 0.403 e. The fourth-order valence-corrected chi connectivity index (χ4v) is 4.40. The summed E-state index contributed by atoms with van der Waals surface area (Å²) < 4.78 is 84.4. The molecule has 0 aliphatic heterocycles. The predicted molar refractivity (Wildman–Crippen MR) is 106 cm³/mol. The number of hydrogen-bond donors (Lipinski definition) is 2. The summed E-state index contributed by atoms with van der Waals surface area (Å²) in [5, 5.41) is 2.28. The van der Waals surface area contributed by atoms with Gasteiger partial charge in [0.15, 0.2) is 11.6 Å². The number of halogens is 5. The first-order valence-electron chi connectivity index (χ1n) is 8.36. The van der Waals surface area contributed by atoms with Crippen molar-refractivity contribution in [3.05, 3.63) is 64.7 Å². The third kappa shape index (κ3) is 6.05. The van der Waals surface area contributed by atoms with Gasteiger partial charge < -0.3 is 10.1 Å². The highest BCUT2D eigenvalue weighted by Gasteiger charge is 2.32. The molecule has 0 fully saturated rings. The van der Waals surface area contributed by atoms with Crippen LogP contribution in [0.5, 0.6) is 5.75 Å². The molecule has 0 atom stereocenters. The van der Waals surface area contributed by atoms with Crippen LogP contribution in [0.3, 0.4) is 0 Å². The van der Waals surface area contributed by atoms with Crippen LogP contribution in [0.2, 0.25) is 5.02 Å². The summed E-state index contributed by atoms with van der Waals surface area (Å²) in [6.07, 6.45) is -3.87. The van der Waals surface area contributed by atoms with Gasteiger partial charge >= 0.3 is 6.36 Å². The van der Waals surface area contributed by atoms with Crippen LogP contribution in [-0.2, 0) is 16.6 Å². The minimum atomic E-state index is -5.04. The third-order valence-corrected chi connectivity index (χ3v) is 6.11. The second-order valence-corrected chi connectivity index (χ2v) is 8.86. The summed E-state index contributed by atoms with van der Waals surface area (Å²) >= 11 is 6.87. The Bertz CT molecular complexity index is 1240. The van der Waals surface area contributed by atoms with Gasteiger partial charge in [0.05, 0.1) is 15.5 Å². The largest absolute Gasteiger partial charge is 0.573 e. The summed E-state index contributed by atoms with van der Waals surface area (Å²) in [5.41, 5.74) is 0.0842. The van der Waals surface area contributed by atoms with E-state index in [4.69, 9.17) is 11.6 Å². The molecule has 32 heavy (non-hydrogen) atoms. The number of nitrogens with one attached hydrogen (secondary N) is 2. The minimum absolute atomic E-state index is 0.0434. The molecule has 0 aliphatic carbocycles. The van der Waals surface area contributed by atoms with Crippen molar-refractivity contribution >= 4 is 44.2 Å². The first-order chi connectivity index (χ1) is 14.9. The molecule has 15 heteroatoms. The highest BCUT2D eigenvalue weighted by Crippen LogP contribution is 2.26. The maximum atomic E-state index is 13.8. The van der Waals surface area contributed by atoms with E-state index in [0.29, 0.717) is 0 Å². The first kappa shape index (κ1) is 23.7. The first-order valence-corrected chi connectivity index (χ1v) is 11.0. The molecule has 1 amide bonds. The number of nitrogens with zero attached hydrogens (tertiary/aromatic N) is 2. The monoisotopic (exact) mass is 510 g/mol. The lowest BCUT2D eigenvalue weighted by molar-refractivity contribution is -0.275. The molecule has 2 aromatic carbocycles. The van der Waals surface area contributed by atoms with E-state index in [9.17, 15) is 30.8 Å². The average Bonchev–Trinajstić information content (AvgIpc) is 3.19. The van der Waals surface area contributed by atoms with Gasteiger partial charge in [0.1, 0.15) is 6.33 Å². The minimum Gasteiger partial charge on any atom is -0.403 e. The topological polar surface area (TPSA) is 110 Å². The van der Waals surface area contributed by atoms with Crippen molar-refractivity contribution in [2.24, 2.45) is 0 Å². The number of ether oxygens (including phenoxy) is 1. The molecule has 0 bridgehead atoms. The zero-order valence-corrected chi connectivity index (χ0v) is 17.9. The number of rotatable bonds is 7. The van der Waals surface area contributed by atoms with Crippen molar-refractivity contribution in [1.29, 1.82) is 0 Å². The van der Waals surface area contributed by atoms with E-state index in [1.54, 1.807) is 0 Å². The van der Waals surface area contributed by atoms with E-state index in [-0.39, 0.29) is 32.7 Å². The van der Waals surface area contributed by atoms with Gasteiger partial charge in [-0.2, -0.15) is 4.37 Å². The standard InChI is InChI=1S/C17H11ClF4N4O4S2/c18-12-6-10(32(28,29)26-16-24-8-25-31-16)2-3-11(12)15(27)23-7-9-1-4-14(13(19)5-9)30-17(20,21)22/h1-6,8H,7H2,(H,23,27)(H,24,25,26). The molecule has 3 rings (SSSR count). The van der Waals surface area contributed by atoms with Crippen molar-refractivity contribution in [3.63, 3.8) is 0 Å². The predicted octanol–water partition coefficient (Wildman–Crippen LogP) is 3.96. The van der Waals surface area contributed by atoms with Gasteiger partial charge in [0.25, 0.3) is 15.9 Å². The van der Waals surface area contributed by atoms with E-state index in [1.165, 1.54) is 12.4 Å². The highest BCUT2D eigenvalue weighted by molar-refractivity contribution is 7.93. The van der Waals surface area contributed by atoms with Crippen molar-refractivity contribution in [2.75, 3.05) is 4.72 Å². The highest BCUT2D eigenvalue weighted by atomic mass is 35.5. The lowest BCUT2D eigenvalue weighted by atomic mass is 10.2. The molecule has 0 unspecified atom stereocenters. The number of hydrogen-bond acceptors (Lipinski definition) is 7. The van der Waals surface area contributed by atoms with Crippen molar-refractivity contribution in [1.82, 2.24) is 14.7 Å². The van der Waals surface area contributed by atoms with Crippen LogP contribution in [-0.4, -0.2) is 30.0 Å². The lowest BCUT2D eigenvalue weighted by Crippen LogP contribution is -2.23. The van der Waals surface area contributed by atoms with Crippen LogP contribution < -0.4 is 14.8 Å². The number of anilines is 1. The van der Waals surface area contributed by atoms with Gasteiger partial charge in [-0.05, 0) is 35.9 Å². The number of benzene rings is 2. The Balaban J connectivity index is 1.67. The zero-order valence-electron chi connectivity index (χ0n) is 15.5. The lowest BCUT2D eigenvalue weighted by Gasteiger charge is -2.12. The maximum Gasteiger partial charge on any atom is 0.573 e. The van der Waals surface area contributed by atoms with Crippen molar-refractivity contribution in [3.8, 4) is 5.75 Å². The number of amides is 1. The number of sulfonamides is 1. The second kappa shape index (κ2) is 9.26. The Kier molecular flexibility index (Phi) is 6.85. The van der Waals surface area contributed by atoms with Crippen LogP contribution in [0.4, 0.5) is 22.7 Å². The SMILES string of the molecule is O=C(NCc1ccc(OC(F)(F)F)c(F)c1)c1ccc(S(=O)(=O)Nc2ncns2)cc1Cl. The van der Waals surface area contributed by atoms with Gasteiger partial charge in [-0.1, -0.05) is 17.7 Å². The zero-order chi connectivity index (χ0) is 23.5. The van der Waals surface area contributed by atoms with E-state index in [0.717, 1.165) is 41.9 Å². The summed E-state index contributed by atoms with van der Waals surface area (Å²) in [7, 11) is -4.02. The van der Waals surface area contributed by atoms with Crippen molar-refractivity contribution < 1.29 is 35.5 Å². The molecule has 0 spiro atoms. The molecule has 1 heterocycles. The van der Waals surface area contributed by atoms with E-state index < -0.39 is 33.9 Å². The number of carbonyl (C=O) groups excluding carboxylic acids is 1. The quantitative estimate of drug-likeness (QED) is 0.466. The molecule has 170 valence electrons. The molecule has 0 saturated heterocycles. The van der Waals surface area contributed by atoms with E-state index in [1.807, 2.05) is 0 Å². The Morgan fingerprint density at radius 1 is 1.19 bits per heavy atom. The van der Waals surface area contributed by atoms with Crippen LogP contribution in [0.15, 0.2) is 47.6 Å². The fraction of sp³-hybridized carbons (Fsp3) is 0.118. The second-order valence-electron chi connectivity index (χ2n) is 5.99. The Morgan fingerprint density at radius 3 is 2.53 bits per heavy atom. The number of aromatic nitrogens is 2. The maximum absolute atomic E-state index is 13.8. The van der Waals surface area contributed by atoms with Gasteiger partial charge in [0.2, 0.25) is 5.13 Å². The van der Waals surface area contributed by atoms with Gasteiger partial charge in [-0.3, -0.25) is 9.52 Å². The Labute approximate surface area is 187 Å². The molecular weight excluding hydrogens is 500 g/mol. The molecule has 3 aromatic rings. The van der Waals surface area contributed by atoms with E-state index >= 15 is 0 Å². The molecular formula is C17H11ClF4N4O4S2. The Hall–Kier alpha value is -2.97.